The van der Waals surface area contributed by atoms with Crippen LogP contribution in [0.15, 0.2) is 0 Å². The van der Waals surface area contributed by atoms with Crippen molar-refractivity contribution in [3.8, 4) is 0 Å². The first-order valence-electron chi connectivity index (χ1n) is 3.35. The van der Waals surface area contributed by atoms with Crippen LogP contribution in [0.25, 0.3) is 0 Å². The number of hydrogen-bond donors (Lipinski definition) is 0. The van der Waals surface area contributed by atoms with Gasteiger partial charge in [-0.3, -0.25) is 4.79 Å². The number of ether oxygens (including phenoxy) is 1. The number of methoxy groups -OCH3 is 1. The van der Waals surface area contributed by atoms with Crippen molar-refractivity contribution >= 4 is 5.97 Å². The Morgan fingerprint density at radius 2 is 2.20 bits per heavy atom. The number of carbonyl (C=O) groups excluding carboxylic acids is 1. The maximum absolute atomic E-state index is 12.5. The SMILES string of the molecule is CCC(C(=O)OC)C(C)F. The van der Waals surface area contributed by atoms with Crippen LogP contribution in [-0.2, 0) is 9.53 Å². The van der Waals surface area contributed by atoms with Gasteiger partial charge in [-0.15, -0.1) is 0 Å². The number of rotatable bonds is 3. The van der Waals surface area contributed by atoms with Crippen molar-refractivity contribution in [2.45, 2.75) is 26.4 Å². The van der Waals surface area contributed by atoms with Crippen LogP contribution >= 0.6 is 0 Å². The topological polar surface area (TPSA) is 26.3 Å². The van der Waals surface area contributed by atoms with E-state index < -0.39 is 18.1 Å². The van der Waals surface area contributed by atoms with E-state index in [0.29, 0.717) is 6.42 Å². The molecule has 0 fully saturated rings. The molecule has 0 aromatic carbocycles. The molecule has 0 heterocycles. The minimum atomic E-state index is -1.11. The van der Waals surface area contributed by atoms with Gasteiger partial charge >= 0.3 is 5.97 Å². The van der Waals surface area contributed by atoms with E-state index >= 15 is 0 Å². The quantitative estimate of drug-likeness (QED) is 0.567. The van der Waals surface area contributed by atoms with Crippen molar-refractivity contribution in [2.24, 2.45) is 5.92 Å². The van der Waals surface area contributed by atoms with Gasteiger partial charge in [-0.25, -0.2) is 4.39 Å². The van der Waals surface area contributed by atoms with E-state index in [4.69, 9.17) is 0 Å². The first-order valence-corrected chi connectivity index (χ1v) is 3.35. The summed E-state index contributed by atoms with van der Waals surface area (Å²) in [6.45, 7) is 3.13. The van der Waals surface area contributed by atoms with Crippen LogP contribution in [0.1, 0.15) is 20.3 Å². The van der Waals surface area contributed by atoms with E-state index in [2.05, 4.69) is 4.74 Å². The molecule has 0 rings (SSSR count). The minimum absolute atomic E-state index is 0.461. The van der Waals surface area contributed by atoms with Crippen LogP contribution in [0.5, 0.6) is 0 Å². The lowest BCUT2D eigenvalue weighted by Crippen LogP contribution is -2.23. The lowest BCUT2D eigenvalue weighted by Gasteiger charge is -2.12. The van der Waals surface area contributed by atoms with Gasteiger partial charge in [0.15, 0.2) is 0 Å². The molecule has 0 aliphatic rings. The van der Waals surface area contributed by atoms with E-state index in [0.717, 1.165) is 0 Å². The second kappa shape index (κ2) is 4.25. The molecule has 0 bridgehead atoms. The molecule has 0 amide bonds. The normalized spacial score (nSPS) is 16.0. The van der Waals surface area contributed by atoms with Crippen molar-refractivity contribution in [3.05, 3.63) is 0 Å². The summed E-state index contributed by atoms with van der Waals surface area (Å²) in [5.74, 6) is -1.05. The van der Waals surface area contributed by atoms with Crippen LogP contribution in [0.4, 0.5) is 4.39 Å². The van der Waals surface area contributed by atoms with Crippen molar-refractivity contribution in [2.75, 3.05) is 7.11 Å². The second-order valence-electron chi connectivity index (χ2n) is 2.22. The van der Waals surface area contributed by atoms with E-state index in [1.165, 1.54) is 14.0 Å². The average molecular weight is 148 g/mol. The lowest BCUT2D eigenvalue weighted by molar-refractivity contribution is -0.147. The Hall–Kier alpha value is -0.600. The van der Waals surface area contributed by atoms with Crippen molar-refractivity contribution in [1.82, 2.24) is 0 Å². The van der Waals surface area contributed by atoms with Crippen LogP contribution in [0.3, 0.4) is 0 Å². The molecule has 2 unspecified atom stereocenters. The molecule has 3 heteroatoms. The summed E-state index contributed by atoms with van der Waals surface area (Å²) in [6, 6.07) is 0. The molecule has 0 saturated carbocycles. The summed E-state index contributed by atoms with van der Waals surface area (Å²) < 4.78 is 16.9. The van der Waals surface area contributed by atoms with Crippen LogP contribution in [0, 0.1) is 5.92 Å². The van der Waals surface area contributed by atoms with Crippen LogP contribution in [0.2, 0.25) is 0 Å². The maximum Gasteiger partial charge on any atom is 0.311 e. The summed E-state index contributed by atoms with van der Waals surface area (Å²) in [7, 11) is 1.27. The molecule has 0 radical (unpaired) electrons. The Labute approximate surface area is 60.4 Å². The smallest absolute Gasteiger partial charge is 0.311 e. The fraction of sp³-hybridized carbons (Fsp3) is 0.857. The van der Waals surface area contributed by atoms with Crippen molar-refractivity contribution in [1.29, 1.82) is 0 Å². The van der Waals surface area contributed by atoms with Gasteiger partial charge in [0.2, 0.25) is 0 Å². The van der Waals surface area contributed by atoms with Gasteiger partial charge in [-0.2, -0.15) is 0 Å². The van der Waals surface area contributed by atoms with E-state index in [-0.39, 0.29) is 0 Å². The fourth-order valence-electron chi connectivity index (χ4n) is 0.830. The van der Waals surface area contributed by atoms with Gasteiger partial charge in [0, 0.05) is 0 Å². The second-order valence-corrected chi connectivity index (χ2v) is 2.22. The minimum Gasteiger partial charge on any atom is -0.469 e. The molecule has 0 aromatic heterocycles. The maximum atomic E-state index is 12.5. The zero-order chi connectivity index (χ0) is 8.15. The summed E-state index contributed by atoms with van der Waals surface area (Å²) in [6.07, 6.45) is -0.623. The third-order valence-electron chi connectivity index (χ3n) is 1.50. The predicted molar refractivity (Wildman–Crippen MR) is 36.4 cm³/mol. The highest BCUT2D eigenvalue weighted by Gasteiger charge is 2.23. The summed E-state index contributed by atoms with van der Waals surface area (Å²) in [5.41, 5.74) is 0. The molecule has 0 saturated heterocycles. The largest absolute Gasteiger partial charge is 0.469 e. The third kappa shape index (κ3) is 2.33. The standard InChI is InChI=1S/C7H13FO2/c1-4-6(5(2)8)7(9)10-3/h5-6H,4H2,1-3H3. The lowest BCUT2D eigenvalue weighted by atomic mass is 10.0. The zero-order valence-corrected chi connectivity index (χ0v) is 6.56. The fourth-order valence-corrected chi connectivity index (χ4v) is 0.830. The van der Waals surface area contributed by atoms with Gasteiger partial charge in [0.05, 0.1) is 13.0 Å². The predicted octanol–water partition coefficient (Wildman–Crippen LogP) is 1.54. The molecule has 0 N–H and O–H groups in total. The Morgan fingerprint density at radius 3 is 2.30 bits per heavy atom. The number of esters is 1. The van der Waals surface area contributed by atoms with E-state index in [1.807, 2.05) is 0 Å². The van der Waals surface area contributed by atoms with Gasteiger partial charge in [0.25, 0.3) is 0 Å². The van der Waals surface area contributed by atoms with Gasteiger partial charge < -0.3 is 4.74 Å². The van der Waals surface area contributed by atoms with Crippen molar-refractivity contribution < 1.29 is 13.9 Å². The number of hydrogen-bond acceptors (Lipinski definition) is 2. The van der Waals surface area contributed by atoms with E-state index in [9.17, 15) is 9.18 Å². The molecule has 2 nitrogen and oxygen atoms in total. The van der Waals surface area contributed by atoms with Gasteiger partial charge in [0.1, 0.15) is 6.17 Å². The first kappa shape index (κ1) is 9.40. The summed E-state index contributed by atoms with van der Waals surface area (Å²) >= 11 is 0. The highest BCUT2D eigenvalue weighted by Crippen LogP contribution is 2.12. The molecule has 2 atom stereocenters. The molecule has 0 aliphatic carbocycles. The third-order valence-corrected chi connectivity index (χ3v) is 1.50. The van der Waals surface area contributed by atoms with Gasteiger partial charge in [-0.05, 0) is 13.3 Å². The molecular formula is C7H13FO2. The summed E-state index contributed by atoms with van der Waals surface area (Å²) in [5, 5.41) is 0. The molecule has 60 valence electrons. The number of carbonyl (C=O) groups is 1. The Balaban J connectivity index is 3.93. The molecule has 0 aromatic rings. The zero-order valence-electron chi connectivity index (χ0n) is 6.56. The summed E-state index contributed by atoms with van der Waals surface area (Å²) in [4.78, 5) is 10.7. The first-order chi connectivity index (χ1) is 4.63. The van der Waals surface area contributed by atoms with Crippen LogP contribution < -0.4 is 0 Å². The molecule has 0 aliphatic heterocycles. The molecular weight excluding hydrogens is 135 g/mol. The number of alkyl halides is 1. The average Bonchev–Trinajstić information content (AvgIpc) is 1.88. The highest BCUT2D eigenvalue weighted by molar-refractivity contribution is 5.72. The highest BCUT2D eigenvalue weighted by atomic mass is 19.1. The molecule has 0 spiro atoms. The monoisotopic (exact) mass is 148 g/mol. The Bertz CT molecular complexity index is 112. The van der Waals surface area contributed by atoms with Gasteiger partial charge in [-0.1, -0.05) is 6.92 Å². The van der Waals surface area contributed by atoms with Crippen molar-refractivity contribution in [3.63, 3.8) is 0 Å². The van der Waals surface area contributed by atoms with Crippen LogP contribution in [-0.4, -0.2) is 19.3 Å². The van der Waals surface area contributed by atoms with E-state index in [1.54, 1.807) is 6.92 Å². The Morgan fingerprint density at radius 1 is 1.70 bits per heavy atom. The number of halogens is 1. The molecule has 10 heavy (non-hydrogen) atoms. The Kier molecular flexibility index (Phi) is 4.00.